The van der Waals surface area contributed by atoms with Gasteiger partial charge in [0.25, 0.3) is 5.56 Å². The second kappa shape index (κ2) is 10.2. The lowest BCUT2D eigenvalue weighted by Crippen LogP contribution is -2.40. The summed E-state index contributed by atoms with van der Waals surface area (Å²) in [6.07, 6.45) is 2.65. The summed E-state index contributed by atoms with van der Waals surface area (Å²) in [4.78, 5) is 27.8. The molecule has 1 aromatic heterocycles. The zero-order valence-corrected chi connectivity index (χ0v) is 19.4. The molecule has 174 valence electrons. The number of rotatable bonds is 9. The average Bonchev–Trinajstić information content (AvgIpc) is 2.76. The second-order valence-corrected chi connectivity index (χ2v) is 8.16. The first-order valence-electron chi connectivity index (χ1n) is 10.5. The summed E-state index contributed by atoms with van der Waals surface area (Å²) >= 11 is 0. The molecule has 0 spiro atoms. The number of carboxylic acids is 1. The Labute approximate surface area is 188 Å². The molecule has 0 atom stereocenters. The Balaban J connectivity index is 2.09. The molecule has 9 heteroatoms. The van der Waals surface area contributed by atoms with Crippen LogP contribution in [0.15, 0.2) is 23.1 Å². The van der Waals surface area contributed by atoms with Crippen LogP contribution in [0.1, 0.15) is 16.7 Å². The Morgan fingerprint density at radius 1 is 1.22 bits per heavy atom. The van der Waals surface area contributed by atoms with Crippen molar-refractivity contribution in [2.24, 2.45) is 7.05 Å². The predicted octanol–water partition coefficient (Wildman–Crippen LogP) is 1.12. The number of pyridine rings is 1. The second-order valence-electron chi connectivity index (χ2n) is 8.16. The fourth-order valence-corrected chi connectivity index (χ4v) is 4.32. The van der Waals surface area contributed by atoms with Crippen LogP contribution in [-0.4, -0.2) is 73.5 Å². The fraction of sp³-hybridized carbons (Fsp3) is 0.478. The fourth-order valence-electron chi connectivity index (χ4n) is 4.32. The molecule has 1 aromatic carbocycles. The number of aryl methyl sites for hydroxylation is 1. The molecule has 2 N–H and O–H groups in total. The minimum absolute atomic E-state index is 0.0235. The van der Waals surface area contributed by atoms with Crippen LogP contribution in [0.4, 0.5) is 0 Å². The molecule has 0 fully saturated rings. The Morgan fingerprint density at radius 2 is 1.88 bits per heavy atom. The van der Waals surface area contributed by atoms with Gasteiger partial charge in [-0.1, -0.05) is 0 Å². The van der Waals surface area contributed by atoms with Gasteiger partial charge in [-0.25, -0.2) is 0 Å². The van der Waals surface area contributed by atoms with E-state index < -0.39 is 5.97 Å². The first-order valence-corrected chi connectivity index (χ1v) is 10.5. The molecule has 0 amide bonds. The van der Waals surface area contributed by atoms with Crippen molar-refractivity contribution in [3.05, 3.63) is 45.4 Å². The molecule has 3 rings (SSSR count). The molecule has 32 heavy (non-hydrogen) atoms. The summed E-state index contributed by atoms with van der Waals surface area (Å²) < 4.78 is 13.0. The van der Waals surface area contributed by atoms with Crippen molar-refractivity contribution >= 4 is 5.97 Å². The summed E-state index contributed by atoms with van der Waals surface area (Å²) in [6.45, 7) is 2.46. The quantitative estimate of drug-likeness (QED) is 0.594. The van der Waals surface area contributed by atoms with Gasteiger partial charge in [0.1, 0.15) is 11.5 Å². The molecular weight excluding hydrogens is 412 g/mol. The largest absolute Gasteiger partial charge is 0.496 e. The van der Waals surface area contributed by atoms with Crippen LogP contribution < -0.4 is 20.3 Å². The zero-order valence-electron chi connectivity index (χ0n) is 19.4. The monoisotopic (exact) mass is 444 g/mol. The standard InChI is InChI=1S/C23H32N4O5/c1-24-14-27-7-6-16-17(11-26(3)23(30)18(16)12-27)15-8-20(31-4)19(21(9-15)32-5)10-25(2)13-22(28)29/h8-9,11,24H,6-7,10,12-14H2,1-5H3,(H,28,29). The molecule has 9 nitrogen and oxygen atoms in total. The number of methoxy groups -OCH3 is 2. The van der Waals surface area contributed by atoms with Crippen LogP contribution in [0, 0.1) is 0 Å². The van der Waals surface area contributed by atoms with Gasteiger partial charge in [-0.15, -0.1) is 0 Å². The van der Waals surface area contributed by atoms with Gasteiger partial charge in [-0.2, -0.15) is 0 Å². The summed E-state index contributed by atoms with van der Waals surface area (Å²) in [5.41, 5.74) is 4.55. The molecular formula is C23H32N4O5. The number of benzene rings is 1. The maximum Gasteiger partial charge on any atom is 0.317 e. The number of likely N-dealkylation sites (N-methyl/N-ethyl adjacent to an activating group) is 1. The van der Waals surface area contributed by atoms with Crippen LogP contribution in [0.25, 0.3) is 11.1 Å². The maximum atomic E-state index is 12.9. The van der Waals surface area contributed by atoms with Crippen molar-refractivity contribution in [3.63, 3.8) is 0 Å². The minimum atomic E-state index is -0.897. The molecule has 0 radical (unpaired) electrons. The molecule has 0 aliphatic carbocycles. The molecule has 0 saturated heterocycles. The van der Waals surface area contributed by atoms with Gasteiger partial charge in [-0.3, -0.25) is 19.4 Å². The number of nitrogens with one attached hydrogen (secondary N) is 1. The summed E-state index contributed by atoms with van der Waals surface area (Å²) in [6, 6.07) is 3.87. The van der Waals surface area contributed by atoms with Gasteiger partial charge < -0.3 is 24.5 Å². The van der Waals surface area contributed by atoms with E-state index in [0.717, 1.165) is 47.5 Å². The number of carbonyl (C=O) groups is 1. The Bertz CT molecular complexity index is 1020. The van der Waals surface area contributed by atoms with E-state index in [4.69, 9.17) is 14.6 Å². The minimum Gasteiger partial charge on any atom is -0.496 e. The number of nitrogens with zero attached hydrogens (tertiary/aromatic N) is 3. The van der Waals surface area contributed by atoms with Gasteiger partial charge in [0.05, 0.1) is 26.3 Å². The molecule has 2 aromatic rings. The summed E-state index contributed by atoms with van der Waals surface area (Å²) in [5, 5.41) is 12.2. The first-order chi connectivity index (χ1) is 15.3. The number of hydrogen-bond donors (Lipinski definition) is 2. The van der Waals surface area contributed by atoms with Crippen molar-refractivity contribution in [1.29, 1.82) is 0 Å². The van der Waals surface area contributed by atoms with E-state index in [0.29, 0.717) is 24.6 Å². The number of aromatic nitrogens is 1. The third-order valence-electron chi connectivity index (χ3n) is 5.78. The lowest BCUT2D eigenvalue weighted by molar-refractivity contribution is -0.138. The van der Waals surface area contributed by atoms with Gasteiger partial charge in [0, 0.05) is 50.7 Å². The van der Waals surface area contributed by atoms with Gasteiger partial charge in [0.2, 0.25) is 0 Å². The lowest BCUT2D eigenvalue weighted by Gasteiger charge is -2.30. The highest BCUT2D eigenvalue weighted by Crippen LogP contribution is 2.38. The highest BCUT2D eigenvalue weighted by atomic mass is 16.5. The van der Waals surface area contributed by atoms with Crippen LogP contribution in [0.3, 0.4) is 0 Å². The smallest absolute Gasteiger partial charge is 0.317 e. The van der Waals surface area contributed by atoms with Crippen molar-refractivity contribution in [2.45, 2.75) is 19.5 Å². The van der Waals surface area contributed by atoms with E-state index in [1.807, 2.05) is 25.4 Å². The van der Waals surface area contributed by atoms with Gasteiger partial charge in [-0.05, 0) is 43.8 Å². The van der Waals surface area contributed by atoms with E-state index in [1.165, 1.54) is 0 Å². The van der Waals surface area contributed by atoms with Crippen LogP contribution in [0.2, 0.25) is 0 Å². The SMILES string of the molecule is CNCN1CCc2c(-c3cc(OC)c(CN(C)CC(=O)O)c(OC)c3)cn(C)c(=O)c2C1. The number of hydrogen-bond acceptors (Lipinski definition) is 7. The zero-order chi connectivity index (χ0) is 23.4. The number of ether oxygens (including phenoxy) is 2. The lowest BCUT2D eigenvalue weighted by atomic mass is 9.91. The Hall–Kier alpha value is -2.88. The van der Waals surface area contributed by atoms with E-state index in [9.17, 15) is 9.59 Å². The van der Waals surface area contributed by atoms with Crippen molar-refractivity contribution < 1.29 is 19.4 Å². The molecule has 1 aliphatic rings. The molecule has 0 unspecified atom stereocenters. The first kappa shape index (κ1) is 23.8. The van der Waals surface area contributed by atoms with E-state index in [1.54, 1.807) is 37.8 Å². The molecule has 2 heterocycles. The normalized spacial score (nSPS) is 13.8. The van der Waals surface area contributed by atoms with Gasteiger partial charge in [0.15, 0.2) is 0 Å². The highest BCUT2D eigenvalue weighted by Gasteiger charge is 2.24. The molecule has 0 bridgehead atoms. The topological polar surface area (TPSA) is 96.3 Å². The summed E-state index contributed by atoms with van der Waals surface area (Å²) in [7, 11) is 8.59. The Kier molecular flexibility index (Phi) is 7.55. The number of fused-ring (bicyclic) bond motifs is 1. The maximum absolute atomic E-state index is 12.9. The van der Waals surface area contributed by atoms with Crippen LogP contribution in [-0.2, 0) is 31.4 Å². The predicted molar refractivity (Wildman–Crippen MR) is 122 cm³/mol. The number of aliphatic carboxylic acids is 1. The average molecular weight is 445 g/mol. The van der Waals surface area contributed by atoms with Crippen molar-refractivity contribution in [3.8, 4) is 22.6 Å². The molecule has 0 saturated carbocycles. The Morgan fingerprint density at radius 3 is 2.44 bits per heavy atom. The highest BCUT2D eigenvalue weighted by molar-refractivity contribution is 5.73. The van der Waals surface area contributed by atoms with Crippen molar-refractivity contribution in [2.75, 3.05) is 48.1 Å². The van der Waals surface area contributed by atoms with E-state index in [-0.39, 0.29) is 12.1 Å². The summed E-state index contributed by atoms with van der Waals surface area (Å²) in [5.74, 6) is 0.338. The van der Waals surface area contributed by atoms with Gasteiger partial charge >= 0.3 is 5.97 Å². The molecule has 1 aliphatic heterocycles. The third kappa shape index (κ3) is 4.95. The van der Waals surface area contributed by atoms with Crippen molar-refractivity contribution in [1.82, 2.24) is 19.7 Å². The third-order valence-corrected chi connectivity index (χ3v) is 5.78. The van der Waals surface area contributed by atoms with Crippen LogP contribution in [0.5, 0.6) is 11.5 Å². The van der Waals surface area contributed by atoms with E-state index in [2.05, 4.69) is 10.2 Å². The number of carboxylic acid groups (broad SMARTS) is 1. The van der Waals surface area contributed by atoms with E-state index >= 15 is 0 Å². The van der Waals surface area contributed by atoms with Crippen LogP contribution >= 0.6 is 0 Å².